The van der Waals surface area contributed by atoms with Crippen LogP contribution in [0.1, 0.15) is 35.6 Å². The van der Waals surface area contributed by atoms with E-state index in [1.54, 1.807) is 7.11 Å². The Bertz CT molecular complexity index is 1550. The predicted molar refractivity (Wildman–Crippen MR) is 129 cm³/mol. The number of aryl methyl sites for hydroxylation is 5. The van der Waals surface area contributed by atoms with Crippen LogP contribution >= 0.6 is 0 Å². The van der Waals surface area contributed by atoms with Gasteiger partial charge in [0, 0.05) is 29.1 Å². The fourth-order valence-electron chi connectivity index (χ4n) is 4.67. The monoisotopic (exact) mass is 442 g/mol. The topological polar surface area (TPSA) is 94.7 Å². The highest BCUT2D eigenvalue weighted by molar-refractivity contribution is 6.14. The van der Waals surface area contributed by atoms with Crippen molar-refractivity contribution in [2.45, 2.75) is 34.6 Å². The zero-order chi connectivity index (χ0) is 23.4. The molecule has 4 heterocycles. The van der Waals surface area contributed by atoms with E-state index in [4.69, 9.17) is 19.2 Å². The van der Waals surface area contributed by atoms with Crippen LogP contribution in [-0.4, -0.2) is 37.0 Å². The maximum Gasteiger partial charge on any atom is 0.142 e. The minimum Gasteiger partial charge on any atom is -0.496 e. The van der Waals surface area contributed by atoms with Crippen molar-refractivity contribution in [3.63, 3.8) is 0 Å². The molecule has 1 N–H and O–H groups in total. The molecule has 5 aromatic rings. The second-order valence-electron chi connectivity index (χ2n) is 8.23. The average Bonchev–Trinajstić information content (AvgIpc) is 3.38. The third-order valence-corrected chi connectivity index (χ3v) is 6.01. The van der Waals surface area contributed by atoms with E-state index in [9.17, 15) is 0 Å². The first-order chi connectivity index (χ1) is 15.8. The normalized spacial score (nSPS) is 12.0. The number of hydrogen-bond acceptors (Lipinski definition) is 6. The molecule has 168 valence electrons. The number of H-pyrrole nitrogens is 1. The number of nitrogens with one attached hydrogen (secondary N) is 1. The molecule has 33 heavy (non-hydrogen) atoms. The fraction of sp³-hybridized carbons (Fsp3) is 0.280. The molecule has 0 unspecified atom stereocenters. The van der Waals surface area contributed by atoms with Crippen molar-refractivity contribution in [1.82, 2.24) is 29.9 Å². The SMILES string of the molecule is C/C=C\c1c(-c2nc(C)nc3[nH]c4cc(-c5c(C)noc5C)c(OC)cc4c23)c(C)nn1C. The van der Waals surface area contributed by atoms with Crippen LogP contribution < -0.4 is 4.74 Å². The van der Waals surface area contributed by atoms with E-state index in [1.807, 2.05) is 58.5 Å². The first-order valence-corrected chi connectivity index (χ1v) is 10.8. The van der Waals surface area contributed by atoms with Crippen LogP contribution in [0.2, 0.25) is 0 Å². The molecule has 8 nitrogen and oxygen atoms in total. The van der Waals surface area contributed by atoms with Gasteiger partial charge in [-0.1, -0.05) is 11.2 Å². The highest BCUT2D eigenvalue weighted by Crippen LogP contribution is 2.42. The van der Waals surface area contributed by atoms with E-state index in [-0.39, 0.29) is 0 Å². The van der Waals surface area contributed by atoms with Crippen LogP contribution in [0, 0.1) is 27.7 Å². The number of fused-ring (bicyclic) bond motifs is 3. The van der Waals surface area contributed by atoms with Gasteiger partial charge < -0.3 is 14.2 Å². The number of ether oxygens (including phenoxy) is 1. The molecule has 0 aliphatic heterocycles. The smallest absolute Gasteiger partial charge is 0.142 e. The molecule has 0 saturated heterocycles. The number of benzene rings is 1. The van der Waals surface area contributed by atoms with E-state index in [2.05, 4.69) is 27.4 Å². The molecule has 0 aliphatic carbocycles. The van der Waals surface area contributed by atoms with Crippen LogP contribution in [0.15, 0.2) is 22.7 Å². The number of nitrogens with zero attached hydrogens (tertiary/aromatic N) is 5. The van der Waals surface area contributed by atoms with Gasteiger partial charge >= 0.3 is 0 Å². The molecule has 0 saturated carbocycles. The van der Waals surface area contributed by atoms with Crippen molar-refractivity contribution in [2.75, 3.05) is 7.11 Å². The predicted octanol–water partition coefficient (Wildman–Crippen LogP) is 5.44. The Morgan fingerprint density at radius 1 is 1.06 bits per heavy atom. The van der Waals surface area contributed by atoms with Crippen molar-refractivity contribution in [3.05, 3.63) is 46.9 Å². The van der Waals surface area contributed by atoms with E-state index >= 15 is 0 Å². The van der Waals surface area contributed by atoms with Crippen LogP contribution in [0.5, 0.6) is 5.75 Å². The highest BCUT2D eigenvalue weighted by Gasteiger charge is 2.23. The molecule has 0 amide bonds. The second kappa shape index (κ2) is 7.58. The summed E-state index contributed by atoms with van der Waals surface area (Å²) in [5.74, 6) is 2.18. The standard InChI is InChI=1S/C25H26N6O2/c1-8-9-19-22(12(2)29-31(19)6)24-23-16-11-20(32-7)17(21-13(3)30-33-14(21)4)10-18(16)28-25(23)27-15(5)26-24/h8-11H,1-7H3,(H,26,27,28)/b9-8-. The first-order valence-electron chi connectivity index (χ1n) is 10.8. The Kier molecular flexibility index (Phi) is 4.81. The third kappa shape index (κ3) is 3.13. The van der Waals surface area contributed by atoms with Crippen LogP contribution in [0.3, 0.4) is 0 Å². The van der Waals surface area contributed by atoms with Crippen LogP contribution in [-0.2, 0) is 7.05 Å². The molecule has 8 heteroatoms. The highest BCUT2D eigenvalue weighted by atomic mass is 16.5. The maximum absolute atomic E-state index is 5.81. The summed E-state index contributed by atoms with van der Waals surface area (Å²) < 4.78 is 13.1. The number of rotatable bonds is 4. The zero-order valence-corrected chi connectivity index (χ0v) is 19.9. The van der Waals surface area contributed by atoms with Gasteiger partial charge in [0.1, 0.15) is 23.0 Å². The summed E-state index contributed by atoms with van der Waals surface area (Å²) >= 11 is 0. The largest absolute Gasteiger partial charge is 0.496 e. The lowest BCUT2D eigenvalue weighted by molar-refractivity contribution is 0.393. The Morgan fingerprint density at radius 2 is 1.85 bits per heavy atom. The van der Waals surface area contributed by atoms with E-state index in [0.29, 0.717) is 5.82 Å². The third-order valence-electron chi connectivity index (χ3n) is 6.01. The van der Waals surface area contributed by atoms with Crippen molar-refractivity contribution in [1.29, 1.82) is 0 Å². The van der Waals surface area contributed by atoms with Gasteiger partial charge in [-0.15, -0.1) is 0 Å². The molecule has 1 aromatic carbocycles. The molecule has 4 aromatic heterocycles. The summed E-state index contributed by atoms with van der Waals surface area (Å²) in [7, 11) is 3.62. The van der Waals surface area contributed by atoms with Gasteiger partial charge in [0.25, 0.3) is 0 Å². The summed E-state index contributed by atoms with van der Waals surface area (Å²) in [6.45, 7) is 9.76. The number of allylic oxidation sites excluding steroid dienone is 1. The van der Waals surface area contributed by atoms with Gasteiger partial charge in [-0.3, -0.25) is 4.68 Å². The summed E-state index contributed by atoms with van der Waals surface area (Å²) in [5, 5.41) is 10.7. The summed E-state index contributed by atoms with van der Waals surface area (Å²) in [6, 6.07) is 4.11. The minimum atomic E-state index is 0.691. The lowest BCUT2D eigenvalue weighted by Crippen LogP contribution is -1.96. The van der Waals surface area contributed by atoms with Crippen molar-refractivity contribution in [3.8, 4) is 28.1 Å². The summed E-state index contributed by atoms with van der Waals surface area (Å²) in [5.41, 5.74) is 8.17. The molecule has 0 atom stereocenters. The Labute approximate surface area is 191 Å². The summed E-state index contributed by atoms with van der Waals surface area (Å²) in [4.78, 5) is 13.1. The van der Waals surface area contributed by atoms with Gasteiger partial charge in [-0.2, -0.15) is 5.10 Å². The molecule has 5 rings (SSSR count). The van der Waals surface area contributed by atoms with Crippen LogP contribution in [0.25, 0.3) is 50.4 Å². The molecule has 0 aliphatic rings. The van der Waals surface area contributed by atoms with Gasteiger partial charge in [-0.25, -0.2) is 9.97 Å². The van der Waals surface area contributed by atoms with Crippen LogP contribution in [0.4, 0.5) is 0 Å². The van der Waals surface area contributed by atoms with Crippen molar-refractivity contribution >= 4 is 28.0 Å². The second-order valence-corrected chi connectivity index (χ2v) is 8.23. The Morgan fingerprint density at radius 3 is 2.52 bits per heavy atom. The lowest BCUT2D eigenvalue weighted by atomic mass is 9.99. The Hall–Kier alpha value is -3.94. The number of hydrogen-bond donors (Lipinski definition) is 1. The van der Waals surface area contributed by atoms with Gasteiger partial charge in [-0.05, 0) is 52.8 Å². The van der Waals surface area contributed by atoms with E-state index in [1.165, 1.54) is 0 Å². The van der Waals surface area contributed by atoms with Gasteiger partial charge in [0.2, 0.25) is 0 Å². The molecular weight excluding hydrogens is 416 g/mol. The zero-order valence-electron chi connectivity index (χ0n) is 19.9. The van der Waals surface area contributed by atoms with Crippen molar-refractivity contribution < 1.29 is 9.26 Å². The average molecular weight is 443 g/mol. The number of aromatic nitrogens is 6. The van der Waals surface area contributed by atoms with E-state index < -0.39 is 0 Å². The Balaban J connectivity index is 1.89. The number of aromatic amines is 1. The van der Waals surface area contributed by atoms with Gasteiger partial charge in [0.15, 0.2) is 0 Å². The maximum atomic E-state index is 5.81. The lowest BCUT2D eigenvalue weighted by Gasteiger charge is -2.10. The first kappa shape index (κ1) is 20.9. The molecule has 0 bridgehead atoms. The molecule has 0 radical (unpaired) electrons. The molecule has 0 spiro atoms. The van der Waals surface area contributed by atoms with Gasteiger partial charge in [0.05, 0.1) is 40.8 Å². The minimum absolute atomic E-state index is 0.691. The molecular formula is C25H26N6O2. The number of methoxy groups -OCH3 is 1. The molecule has 0 fully saturated rings. The quantitative estimate of drug-likeness (QED) is 0.398. The summed E-state index contributed by atoms with van der Waals surface area (Å²) in [6.07, 6.45) is 4.07. The van der Waals surface area contributed by atoms with E-state index in [0.717, 1.165) is 72.9 Å². The van der Waals surface area contributed by atoms with Crippen molar-refractivity contribution in [2.24, 2.45) is 7.05 Å². The fourth-order valence-corrected chi connectivity index (χ4v) is 4.67.